The molecular formula is C24H15ClF6N6O2. The number of carbonyl (C=O) groups excluding carboxylic acids is 2. The Morgan fingerprint density at radius 2 is 1.77 bits per heavy atom. The molecule has 39 heavy (non-hydrogen) atoms. The summed E-state index contributed by atoms with van der Waals surface area (Å²) in [4.78, 5) is 31.0. The predicted octanol–water partition coefficient (Wildman–Crippen LogP) is 4.73. The molecule has 15 heteroatoms. The standard InChI is InChI=1S/C24H15ClF6N6O2/c25-20-18(14-4-2-1-3-13(14)15-9-32-37(24(29,30)31)19(15)23(26,27)28)34-17-7-11(5-6-35(17)20)22(39)36-10-12-8-16(36)21(38)33-12/h1-7,9,12,16H,8,10H2,(H,33,38)/t12-,16-/m0/s1. The summed E-state index contributed by atoms with van der Waals surface area (Å²) in [7, 11) is 0. The zero-order chi connectivity index (χ0) is 27.9. The maximum atomic E-state index is 13.8. The number of benzene rings is 1. The first-order chi connectivity index (χ1) is 18.3. The van der Waals surface area contributed by atoms with Gasteiger partial charge in [0.15, 0.2) is 5.69 Å². The molecule has 2 amide bonds. The topological polar surface area (TPSA) is 84.5 Å². The van der Waals surface area contributed by atoms with Gasteiger partial charge in [0.25, 0.3) is 5.91 Å². The average molecular weight is 569 g/mol. The van der Waals surface area contributed by atoms with E-state index < -0.39 is 40.4 Å². The summed E-state index contributed by atoms with van der Waals surface area (Å²) in [6.07, 6.45) is -8.32. The number of nitrogens with one attached hydrogen (secondary N) is 1. The molecular weight excluding hydrogens is 554 g/mol. The lowest BCUT2D eigenvalue weighted by atomic mass is 9.98. The van der Waals surface area contributed by atoms with E-state index in [1.54, 1.807) is 0 Å². The number of hydrogen-bond acceptors (Lipinski definition) is 4. The fourth-order valence-corrected chi connectivity index (χ4v) is 5.42. The van der Waals surface area contributed by atoms with Crippen LogP contribution in [0.25, 0.3) is 28.0 Å². The summed E-state index contributed by atoms with van der Waals surface area (Å²) in [6, 6.07) is 7.65. The van der Waals surface area contributed by atoms with Crippen LogP contribution in [0.3, 0.4) is 0 Å². The van der Waals surface area contributed by atoms with Gasteiger partial charge in [-0.1, -0.05) is 35.9 Å². The third-order valence-electron chi connectivity index (χ3n) is 6.78. The number of pyridine rings is 1. The zero-order valence-corrected chi connectivity index (χ0v) is 20.1. The van der Waals surface area contributed by atoms with Crippen molar-refractivity contribution in [2.75, 3.05) is 6.54 Å². The number of nitrogens with zero attached hydrogens (tertiary/aromatic N) is 5. The van der Waals surface area contributed by atoms with Gasteiger partial charge in [0.1, 0.15) is 22.5 Å². The Labute approximate surface area is 219 Å². The molecule has 202 valence electrons. The predicted molar refractivity (Wildman–Crippen MR) is 125 cm³/mol. The monoisotopic (exact) mass is 568 g/mol. The van der Waals surface area contributed by atoms with Crippen LogP contribution < -0.4 is 5.32 Å². The summed E-state index contributed by atoms with van der Waals surface area (Å²) in [5.41, 5.74) is -2.60. The Morgan fingerprint density at radius 3 is 2.41 bits per heavy atom. The molecule has 2 fully saturated rings. The smallest absolute Gasteiger partial charge is 0.350 e. The molecule has 5 heterocycles. The zero-order valence-electron chi connectivity index (χ0n) is 19.4. The Morgan fingerprint density at radius 1 is 1.05 bits per heavy atom. The molecule has 1 aromatic carbocycles. The van der Waals surface area contributed by atoms with E-state index in [2.05, 4.69) is 15.4 Å². The number of piperazine rings is 1. The van der Waals surface area contributed by atoms with Gasteiger partial charge in [0.2, 0.25) is 5.91 Å². The SMILES string of the molecule is O=C1N[C@H]2C[C@@H]1N(C(=O)c1ccn3c(Cl)c(-c4ccccc4-c4cnn(C(F)(F)F)c4C(F)(F)F)nc3c1)C2. The molecule has 2 atom stereocenters. The van der Waals surface area contributed by atoms with E-state index in [-0.39, 0.29) is 45.1 Å². The van der Waals surface area contributed by atoms with Gasteiger partial charge in [-0.3, -0.25) is 14.0 Å². The Balaban J connectivity index is 1.44. The van der Waals surface area contributed by atoms with Crippen molar-refractivity contribution in [2.24, 2.45) is 0 Å². The second-order valence-corrected chi connectivity index (χ2v) is 9.50. The summed E-state index contributed by atoms with van der Waals surface area (Å²) >= 11 is 6.52. The molecule has 6 rings (SSSR count). The summed E-state index contributed by atoms with van der Waals surface area (Å²) in [6.45, 7) is 0.362. The maximum Gasteiger partial charge on any atom is 0.505 e. The van der Waals surface area contributed by atoms with Gasteiger partial charge in [0, 0.05) is 35.5 Å². The normalized spacial score (nSPS) is 19.3. The van der Waals surface area contributed by atoms with Crippen molar-refractivity contribution in [1.29, 1.82) is 0 Å². The molecule has 8 nitrogen and oxygen atoms in total. The number of amides is 2. The van der Waals surface area contributed by atoms with Gasteiger partial charge in [-0.2, -0.15) is 23.0 Å². The molecule has 0 aliphatic carbocycles. The molecule has 2 aliphatic rings. The van der Waals surface area contributed by atoms with Crippen molar-refractivity contribution in [3.05, 3.63) is 65.2 Å². The van der Waals surface area contributed by atoms with Gasteiger partial charge in [-0.25, -0.2) is 4.98 Å². The summed E-state index contributed by atoms with van der Waals surface area (Å²) < 4.78 is 81.8. The van der Waals surface area contributed by atoms with Gasteiger partial charge in [-0.05, 0) is 24.1 Å². The van der Waals surface area contributed by atoms with Crippen LogP contribution in [0.5, 0.6) is 0 Å². The van der Waals surface area contributed by atoms with Crippen molar-refractivity contribution in [1.82, 2.24) is 29.4 Å². The number of imidazole rings is 1. The number of likely N-dealkylation sites (tertiary alicyclic amines) is 1. The third-order valence-corrected chi connectivity index (χ3v) is 7.14. The number of rotatable bonds is 3. The average Bonchev–Trinajstić information content (AvgIpc) is 3.64. The molecule has 1 N–H and O–H groups in total. The molecule has 2 aliphatic heterocycles. The fraction of sp³-hybridized carbons (Fsp3) is 0.250. The largest absolute Gasteiger partial charge is 0.505 e. The van der Waals surface area contributed by atoms with Crippen LogP contribution in [0.2, 0.25) is 5.15 Å². The quantitative estimate of drug-likeness (QED) is 0.362. The van der Waals surface area contributed by atoms with Crippen molar-refractivity contribution < 1.29 is 35.9 Å². The van der Waals surface area contributed by atoms with Gasteiger partial charge in [0.05, 0.1) is 6.20 Å². The number of fused-ring (bicyclic) bond motifs is 3. The molecule has 0 spiro atoms. The van der Waals surface area contributed by atoms with E-state index in [0.717, 1.165) is 0 Å². The van der Waals surface area contributed by atoms with Crippen LogP contribution in [0.15, 0.2) is 48.8 Å². The minimum Gasteiger partial charge on any atom is -0.350 e. The van der Waals surface area contributed by atoms with Crippen molar-refractivity contribution in [2.45, 2.75) is 31.0 Å². The molecule has 0 saturated carbocycles. The highest BCUT2D eigenvalue weighted by Gasteiger charge is 2.47. The number of carbonyl (C=O) groups is 2. The lowest BCUT2D eigenvalue weighted by molar-refractivity contribution is -0.229. The summed E-state index contributed by atoms with van der Waals surface area (Å²) in [5.74, 6) is -0.620. The lowest BCUT2D eigenvalue weighted by Gasteiger charge is -2.26. The van der Waals surface area contributed by atoms with Crippen LogP contribution in [0, 0.1) is 0 Å². The Hall–Kier alpha value is -4.07. The molecule has 0 unspecified atom stereocenters. The molecule has 2 bridgehead atoms. The third kappa shape index (κ3) is 4.01. The van der Waals surface area contributed by atoms with Crippen LogP contribution in [-0.2, 0) is 17.3 Å². The van der Waals surface area contributed by atoms with E-state index in [9.17, 15) is 35.9 Å². The van der Waals surface area contributed by atoms with Gasteiger partial charge in [-0.15, -0.1) is 13.2 Å². The van der Waals surface area contributed by atoms with E-state index in [1.165, 1.54) is 51.9 Å². The molecule has 2 saturated heterocycles. The highest BCUT2D eigenvalue weighted by atomic mass is 35.5. The van der Waals surface area contributed by atoms with Crippen LogP contribution in [-0.4, -0.2) is 54.5 Å². The van der Waals surface area contributed by atoms with Gasteiger partial charge >= 0.3 is 12.5 Å². The number of hydrogen-bond donors (Lipinski definition) is 1. The first-order valence-electron chi connectivity index (χ1n) is 11.5. The first kappa shape index (κ1) is 25.2. The lowest BCUT2D eigenvalue weighted by Crippen LogP contribution is -2.50. The first-order valence-corrected chi connectivity index (χ1v) is 11.8. The highest BCUT2D eigenvalue weighted by Crippen LogP contribution is 2.44. The fourth-order valence-electron chi connectivity index (χ4n) is 5.13. The number of halogens is 7. The Kier molecular flexibility index (Phi) is 5.47. The van der Waals surface area contributed by atoms with Crippen molar-refractivity contribution in [3.63, 3.8) is 0 Å². The van der Waals surface area contributed by atoms with Crippen molar-refractivity contribution in [3.8, 4) is 22.4 Å². The minimum atomic E-state index is -5.41. The van der Waals surface area contributed by atoms with Crippen LogP contribution >= 0.6 is 11.6 Å². The second kappa shape index (κ2) is 8.46. The Bertz CT molecular complexity index is 1660. The van der Waals surface area contributed by atoms with E-state index >= 15 is 0 Å². The van der Waals surface area contributed by atoms with Gasteiger partial charge < -0.3 is 10.2 Å². The maximum absolute atomic E-state index is 13.8. The number of aromatic nitrogens is 4. The highest BCUT2D eigenvalue weighted by molar-refractivity contribution is 6.32. The number of alkyl halides is 6. The summed E-state index contributed by atoms with van der Waals surface area (Å²) in [5, 5.41) is 5.71. The van der Waals surface area contributed by atoms with E-state index in [0.29, 0.717) is 19.2 Å². The van der Waals surface area contributed by atoms with Crippen LogP contribution in [0.4, 0.5) is 26.3 Å². The molecule has 3 aromatic heterocycles. The second-order valence-electron chi connectivity index (χ2n) is 9.14. The van der Waals surface area contributed by atoms with Crippen molar-refractivity contribution >= 4 is 29.1 Å². The molecule has 4 aromatic rings. The van der Waals surface area contributed by atoms with E-state index in [1.807, 2.05) is 0 Å². The minimum absolute atomic E-state index is 0.00986. The van der Waals surface area contributed by atoms with E-state index in [4.69, 9.17) is 11.6 Å². The molecule has 0 radical (unpaired) electrons. The van der Waals surface area contributed by atoms with Crippen LogP contribution in [0.1, 0.15) is 22.5 Å².